The van der Waals surface area contributed by atoms with Gasteiger partial charge < -0.3 is 15.0 Å². The van der Waals surface area contributed by atoms with Gasteiger partial charge in [0.1, 0.15) is 5.82 Å². The highest BCUT2D eigenvalue weighted by Crippen LogP contribution is 2.28. The molecule has 0 radical (unpaired) electrons. The molecule has 3 N–H and O–H groups in total. The Labute approximate surface area is 176 Å². The number of aliphatic hydroxyl groups is 1. The summed E-state index contributed by atoms with van der Waals surface area (Å²) in [5, 5.41) is 12.0. The second-order valence-electron chi connectivity index (χ2n) is 8.08. The van der Waals surface area contributed by atoms with E-state index >= 15 is 0 Å². The molecule has 8 nitrogen and oxygen atoms in total. The number of sulfonamides is 1. The van der Waals surface area contributed by atoms with Crippen LogP contribution in [0.4, 0.5) is 11.4 Å². The van der Waals surface area contributed by atoms with E-state index in [2.05, 4.69) is 15.0 Å². The van der Waals surface area contributed by atoms with E-state index in [1.807, 2.05) is 25.3 Å². The second kappa shape index (κ2) is 8.08. The number of anilines is 2. The number of aromatic nitrogens is 2. The zero-order valence-corrected chi connectivity index (χ0v) is 18.2. The van der Waals surface area contributed by atoms with Crippen molar-refractivity contribution >= 4 is 38.3 Å². The van der Waals surface area contributed by atoms with Gasteiger partial charge in [-0.25, -0.2) is 13.4 Å². The third kappa shape index (κ3) is 4.63. The predicted octanol–water partition coefficient (Wildman–Crippen LogP) is 3.09. The number of nitrogens with one attached hydrogen (secondary N) is 2. The molecule has 2 aromatic carbocycles. The van der Waals surface area contributed by atoms with Gasteiger partial charge in [0.2, 0.25) is 5.91 Å². The number of fused-ring (bicyclic) bond motifs is 1. The summed E-state index contributed by atoms with van der Waals surface area (Å²) in [5.41, 5.74) is 2.16. The van der Waals surface area contributed by atoms with E-state index in [1.54, 1.807) is 18.2 Å². The number of rotatable bonds is 6. The van der Waals surface area contributed by atoms with Crippen LogP contribution < -0.4 is 10.0 Å². The largest absolute Gasteiger partial charge is 0.395 e. The fourth-order valence-electron chi connectivity index (χ4n) is 3.23. The molecule has 0 aliphatic heterocycles. The Kier molecular flexibility index (Phi) is 5.87. The van der Waals surface area contributed by atoms with Crippen molar-refractivity contribution in [3.63, 3.8) is 0 Å². The topological polar surface area (TPSA) is 113 Å². The molecule has 0 aliphatic carbocycles. The number of benzene rings is 2. The maximum absolute atomic E-state index is 12.7. The molecule has 30 heavy (non-hydrogen) atoms. The van der Waals surface area contributed by atoms with Crippen molar-refractivity contribution in [1.82, 2.24) is 9.55 Å². The van der Waals surface area contributed by atoms with Crippen molar-refractivity contribution in [3.8, 4) is 0 Å². The lowest BCUT2D eigenvalue weighted by Gasteiger charge is -2.19. The summed E-state index contributed by atoms with van der Waals surface area (Å²) in [5.74, 6) is 0.590. The minimum Gasteiger partial charge on any atom is -0.395 e. The highest BCUT2D eigenvalue weighted by molar-refractivity contribution is 7.92. The Hall–Kier alpha value is -2.91. The van der Waals surface area contributed by atoms with Gasteiger partial charge in [-0.05, 0) is 42.5 Å². The Morgan fingerprint density at radius 2 is 1.73 bits per heavy atom. The van der Waals surface area contributed by atoms with Crippen LogP contribution in [0.5, 0.6) is 0 Å². The van der Waals surface area contributed by atoms with Crippen LogP contribution in [0.2, 0.25) is 0 Å². The molecule has 0 atom stereocenters. The van der Waals surface area contributed by atoms with Crippen LogP contribution in [0.1, 0.15) is 33.5 Å². The van der Waals surface area contributed by atoms with Crippen LogP contribution in [0, 0.1) is 0 Å². The Balaban J connectivity index is 1.92. The van der Waals surface area contributed by atoms with Gasteiger partial charge >= 0.3 is 0 Å². The van der Waals surface area contributed by atoms with Crippen molar-refractivity contribution in [2.24, 2.45) is 0 Å². The summed E-state index contributed by atoms with van der Waals surface area (Å²) in [6.45, 7) is 7.89. The molecule has 0 saturated carbocycles. The quantitative estimate of drug-likeness (QED) is 0.556. The first-order valence-electron chi connectivity index (χ1n) is 9.53. The van der Waals surface area contributed by atoms with E-state index in [-0.39, 0.29) is 22.8 Å². The summed E-state index contributed by atoms with van der Waals surface area (Å²) in [7, 11) is -3.81. The summed E-state index contributed by atoms with van der Waals surface area (Å²) >= 11 is 0. The van der Waals surface area contributed by atoms with Gasteiger partial charge in [0.25, 0.3) is 10.0 Å². The maximum Gasteiger partial charge on any atom is 0.261 e. The van der Waals surface area contributed by atoms with E-state index in [0.717, 1.165) is 11.3 Å². The first-order chi connectivity index (χ1) is 14.0. The molecule has 9 heteroatoms. The Morgan fingerprint density at radius 3 is 2.30 bits per heavy atom. The van der Waals surface area contributed by atoms with Gasteiger partial charge in [-0.3, -0.25) is 9.52 Å². The Morgan fingerprint density at radius 1 is 1.10 bits per heavy atom. The summed E-state index contributed by atoms with van der Waals surface area (Å²) in [4.78, 5) is 15.9. The van der Waals surface area contributed by atoms with E-state index in [9.17, 15) is 18.3 Å². The minimum absolute atomic E-state index is 0.0165. The molecule has 1 aromatic heterocycles. The lowest BCUT2D eigenvalue weighted by molar-refractivity contribution is -0.114. The third-order valence-corrected chi connectivity index (χ3v) is 5.88. The fraction of sp³-hybridized carbons (Fsp3) is 0.333. The van der Waals surface area contributed by atoms with Crippen LogP contribution in [0.25, 0.3) is 11.0 Å². The van der Waals surface area contributed by atoms with E-state index in [0.29, 0.717) is 23.4 Å². The number of hydrogen-bond donors (Lipinski definition) is 3. The molecule has 0 aliphatic rings. The molecule has 0 unspecified atom stereocenters. The van der Waals surface area contributed by atoms with Crippen molar-refractivity contribution in [2.45, 2.75) is 44.6 Å². The van der Waals surface area contributed by atoms with Gasteiger partial charge in [-0.15, -0.1) is 0 Å². The number of imidazole rings is 1. The van der Waals surface area contributed by atoms with Crippen LogP contribution in [-0.4, -0.2) is 35.6 Å². The molecule has 1 amide bonds. The van der Waals surface area contributed by atoms with Crippen molar-refractivity contribution < 1.29 is 18.3 Å². The molecular formula is C21H26N4O4S. The number of nitrogens with zero attached hydrogens (tertiary/aromatic N) is 2. The van der Waals surface area contributed by atoms with Crippen LogP contribution in [-0.2, 0) is 26.8 Å². The van der Waals surface area contributed by atoms with Gasteiger partial charge in [-0.2, -0.15) is 0 Å². The first kappa shape index (κ1) is 21.8. The van der Waals surface area contributed by atoms with Gasteiger partial charge in [0, 0.05) is 24.6 Å². The summed E-state index contributed by atoms with van der Waals surface area (Å²) in [6, 6.07) is 11.1. The highest BCUT2D eigenvalue weighted by Gasteiger charge is 2.23. The number of amides is 1. The average Bonchev–Trinajstić information content (AvgIpc) is 3.00. The smallest absolute Gasteiger partial charge is 0.261 e. The molecule has 1 heterocycles. The molecule has 0 saturated heterocycles. The van der Waals surface area contributed by atoms with Crippen molar-refractivity contribution in [2.75, 3.05) is 16.6 Å². The van der Waals surface area contributed by atoms with Crippen LogP contribution >= 0.6 is 0 Å². The SMILES string of the molecule is CC(=O)Nc1ccc(S(=O)(=O)Nc2ccc3c(c2)nc(C(C)(C)C)n3CCO)cc1. The zero-order chi connectivity index (χ0) is 22.1. The van der Waals surface area contributed by atoms with Crippen LogP contribution in [0.15, 0.2) is 47.4 Å². The van der Waals surface area contributed by atoms with Gasteiger partial charge in [-0.1, -0.05) is 20.8 Å². The normalized spacial score (nSPS) is 12.2. The standard InChI is InChI=1S/C21H26N4O4S/c1-14(27)22-15-5-8-17(9-6-15)30(28,29)24-16-7-10-19-18(13-16)23-20(21(2,3)4)25(19)11-12-26/h5-10,13,24,26H,11-12H2,1-4H3,(H,22,27). The third-order valence-electron chi connectivity index (χ3n) is 4.48. The number of carbonyl (C=O) groups is 1. The van der Waals surface area contributed by atoms with Crippen molar-refractivity contribution in [1.29, 1.82) is 0 Å². The van der Waals surface area contributed by atoms with E-state index in [4.69, 9.17) is 0 Å². The van der Waals surface area contributed by atoms with Crippen molar-refractivity contribution in [3.05, 3.63) is 48.3 Å². The Bertz CT molecular complexity index is 1180. The molecule has 160 valence electrons. The van der Waals surface area contributed by atoms with E-state index in [1.165, 1.54) is 31.2 Å². The van der Waals surface area contributed by atoms with Gasteiger partial charge in [0.05, 0.1) is 28.2 Å². The van der Waals surface area contributed by atoms with Gasteiger partial charge in [0.15, 0.2) is 0 Å². The summed E-state index contributed by atoms with van der Waals surface area (Å²) in [6.07, 6.45) is 0. The molecule has 0 bridgehead atoms. The van der Waals surface area contributed by atoms with Crippen LogP contribution in [0.3, 0.4) is 0 Å². The monoisotopic (exact) mass is 430 g/mol. The number of carbonyl (C=O) groups excluding carboxylic acids is 1. The average molecular weight is 431 g/mol. The maximum atomic E-state index is 12.7. The van der Waals surface area contributed by atoms with E-state index < -0.39 is 10.0 Å². The molecule has 0 fully saturated rings. The molecule has 0 spiro atoms. The zero-order valence-electron chi connectivity index (χ0n) is 17.4. The second-order valence-corrected chi connectivity index (χ2v) is 9.76. The number of hydrogen-bond acceptors (Lipinski definition) is 5. The number of aliphatic hydroxyl groups excluding tert-OH is 1. The molecular weight excluding hydrogens is 404 g/mol. The first-order valence-corrected chi connectivity index (χ1v) is 11.0. The highest BCUT2D eigenvalue weighted by atomic mass is 32.2. The summed E-state index contributed by atoms with van der Waals surface area (Å²) < 4.78 is 30.0. The molecule has 3 rings (SSSR count). The molecule has 3 aromatic rings. The minimum atomic E-state index is -3.81. The lowest BCUT2D eigenvalue weighted by Crippen LogP contribution is -2.20. The predicted molar refractivity (Wildman–Crippen MR) is 117 cm³/mol. The lowest BCUT2D eigenvalue weighted by atomic mass is 9.95. The fourth-order valence-corrected chi connectivity index (χ4v) is 4.28.